The van der Waals surface area contributed by atoms with Gasteiger partial charge < -0.3 is 5.11 Å². The first kappa shape index (κ1) is 18.9. The van der Waals surface area contributed by atoms with Gasteiger partial charge in [0.25, 0.3) is 0 Å². The fraction of sp³-hybridized carbons (Fsp3) is 0.722. The van der Waals surface area contributed by atoms with Crippen molar-refractivity contribution in [1.82, 2.24) is 0 Å². The van der Waals surface area contributed by atoms with E-state index in [1.807, 2.05) is 0 Å². The van der Waals surface area contributed by atoms with E-state index in [1.54, 1.807) is 0 Å². The van der Waals surface area contributed by atoms with Gasteiger partial charge in [-0.2, -0.15) is 0 Å². The molecule has 2 nitrogen and oxygen atoms in total. The minimum atomic E-state index is -0.664. The van der Waals surface area contributed by atoms with Crippen LogP contribution >= 0.6 is 0 Å². The molecule has 0 saturated carbocycles. The summed E-state index contributed by atoms with van der Waals surface area (Å²) in [6.45, 7) is 2.19. The van der Waals surface area contributed by atoms with Crippen LogP contribution in [-0.4, -0.2) is 11.1 Å². The van der Waals surface area contributed by atoms with Crippen molar-refractivity contribution in [3.63, 3.8) is 0 Å². The Morgan fingerprint density at radius 2 is 1.30 bits per heavy atom. The second kappa shape index (κ2) is 16.0. The molecule has 0 bridgehead atoms. The molecule has 0 rings (SSSR count). The highest BCUT2D eigenvalue weighted by Gasteiger charge is 1.96. The zero-order valence-electron chi connectivity index (χ0n) is 13.2. The van der Waals surface area contributed by atoms with Crippen molar-refractivity contribution in [3.8, 4) is 0 Å². The summed E-state index contributed by atoms with van der Waals surface area (Å²) in [5, 5.41) is 8.51. The Morgan fingerprint density at radius 1 is 0.800 bits per heavy atom. The van der Waals surface area contributed by atoms with Gasteiger partial charge in [-0.15, -0.1) is 0 Å². The van der Waals surface area contributed by atoms with Crippen LogP contribution in [0.1, 0.15) is 84.0 Å². The van der Waals surface area contributed by atoms with Crippen LogP contribution in [0, 0.1) is 0 Å². The third-order valence-corrected chi connectivity index (χ3v) is 3.35. The molecule has 0 heterocycles. The average molecular weight is 280 g/mol. The highest BCUT2D eigenvalue weighted by atomic mass is 16.4. The molecule has 2 heteroatoms. The zero-order valence-corrected chi connectivity index (χ0v) is 13.2. The number of carbonyl (C=O) groups is 1. The summed E-state index contributed by atoms with van der Waals surface area (Å²) in [7, 11) is 0. The smallest absolute Gasteiger partial charge is 0.303 e. The minimum absolute atomic E-state index is 0.332. The van der Waals surface area contributed by atoms with Gasteiger partial charge in [-0.05, 0) is 25.7 Å². The Bertz CT molecular complexity index is 267. The van der Waals surface area contributed by atoms with Crippen LogP contribution in [0.2, 0.25) is 0 Å². The molecule has 0 aliphatic rings. The van der Waals surface area contributed by atoms with Crippen molar-refractivity contribution in [2.75, 3.05) is 0 Å². The molecule has 0 atom stereocenters. The third-order valence-electron chi connectivity index (χ3n) is 3.35. The summed E-state index contributed by atoms with van der Waals surface area (Å²) >= 11 is 0. The summed E-state index contributed by atoms with van der Waals surface area (Å²) in [6, 6.07) is 0. The second-order valence-electron chi connectivity index (χ2n) is 5.41. The standard InChI is InChI=1S/C18H32O2/c1-2-3-4-5-6-7-8-9-10-11-12-13-14-15-16-17-18(19)20/h4-7H,2-3,8-17H2,1H3,(H,19,20)/b5-4-,7-6-. The zero-order chi connectivity index (χ0) is 14.9. The van der Waals surface area contributed by atoms with Crippen LogP contribution in [0.4, 0.5) is 0 Å². The molecule has 0 fully saturated rings. The van der Waals surface area contributed by atoms with Crippen molar-refractivity contribution in [2.45, 2.75) is 84.0 Å². The quantitative estimate of drug-likeness (QED) is 0.318. The molecule has 0 aromatic rings. The van der Waals surface area contributed by atoms with Crippen molar-refractivity contribution in [3.05, 3.63) is 24.3 Å². The molecular formula is C18H32O2. The molecule has 116 valence electrons. The normalized spacial score (nSPS) is 11.7. The van der Waals surface area contributed by atoms with Crippen molar-refractivity contribution in [2.24, 2.45) is 0 Å². The van der Waals surface area contributed by atoms with Crippen LogP contribution in [0.3, 0.4) is 0 Å². The van der Waals surface area contributed by atoms with E-state index in [4.69, 9.17) is 5.11 Å². The number of allylic oxidation sites excluding steroid dienone is 4. The lowest BCUT2D eigenvalue weighted by Gasteiger charge is -2.00. The number of hydrogen-bond donors (Lipinski definition) is 1. The maximum Gasteiger partial charge on any atom is 0.303 e. The largest absolute Gasteiger partial charge is 0.481 e. The molecule has 0 spiro atoms. The van der Waals surface area contributed by atoms with Crippen LogP contribution in [-0.2, 0) is 4.79 Å². The van der Waals surface area contributed by atoms with Crippen molar-refractivity contribution >= 4 is 5.97 Å². The average Bonchev–Trinajstić information content (AvgIpc) is 2.43. The first-order chi connectivity index (χ1) is 9.77. The Balaban J connectivity index is 3.11. The Hall–Kier alpha value is -1.05. The minimum Gasteiger partial charge on any atom is -0.481 e. The predicted octanol–water partition coefficient (Wildman–Crippen LogP) is 5.88. The maximum atomic E-state index is 10.3. The molecular weight excluding hydrogens is 248 g/mol. The maximum absolute atomic E-state index is 10.3. The van der Waals surface area contributed by atoms with Gasteiger partial charge in [0.15, 0.2) is 0 Å². The fourth-order valence-electron chi connectivity index (χ4n) is 2.12. The van der Waals surface area contributed by atoms with Gasteiger partial charge in [0.05, 0.1) is 0 Å². The van der Waals surface area contributed by atoms with Gasteiger partial charge >= 0.3 is 5.97 Å². The molecule has 0 saturated heterocycles. The SMILES string of the molecule is CCC/C=C\C=C/CCCCCCCCCCC(=O)O. The lowest BCUT2D eigenvalue weighted by atomic mass is 10.1. The summed E-state index contributed by atoms with van der Waals surface area (Å²) in [5.41, 5.74) is 0. The van der Waals surface area contributed by atoms with Crippen molar-refractivity contribution in [1.29, 1.82) is 0 Å². The summed E-state index contributed by atoms with van der Waals surface area (Å²) in [6.07, 6.45) is 22.3. The number of carboxylic acids is 1. The van der Waals surface area contributed by atoms with Gasteiger partial charge in [-0.25, -0.2) is 0 Å². The van der Waals surface area contributed by atoms with E-state index in [1.165, 1.54) is 57.8 Å². The second-order valence-corrected chi connectivity index (χ2v) is 5.41. The molecule has 0 aromatic carbocycles. The Kier molecular flexibility index (Phi) is 15.2. The number of aliphatic carboxylic acids is 1. The topological polar surface area (TPSA) is 37.3 Å². The number of unbranched alkanes of at least 4 members (excludes halogenated alkanes) is 9. The van der Waals surface area contributed by atoms with Crippen LogP contribution < -0.4 is 0 Å². The molecule has 0 aromatic heterocycles. The number of rotatable bonds is 14. The van der Waals surface area contributed by atoms with E-state index >= 15 is 0 Å². The van der Waals surface area contributed by atoms with E-state index in [9.17, 15) is 4.79 Å². The van der Waals surface area contributed by atoms with Gasteiger partial charge in [-0.1, -0.05) is 76.2 Å². The van der Waals surface area contributed by atoms with E-state index in [2.05, 4.69) is 31.2 Å². The van der Waals surface area contributed by atoms with Crippen LogP contribution in [0.5, 0.6) is 0 Å². The van der Waals surface area contributed by atoms with Gasteiger partial charge in [-0.3, -0.25) is 4.79 Å². The van der Waals surface area contributed by atoms with Crippen LogP contribution in [0.25, 0.3) is 0 Å². The summed E-state index contributed by atoms with van der Waals surface area (Å²) < 4.78 is 0. The highest BCUT2D eigenvalue weighted by Crippen LogP contribution is 2.10. The molecule has 0 amide bonds. The Labute approximate surface area is 125 Å². The third kappa shape index (κ3) is 16.9. The predicted molar refractivity (Wildman–Crippen MR) is 87.0 cm³/mol. The van der Waals surface area contributed by atoms with Gasteiger partial charge in [0, 0.05) is 6.42 Å². The number of hydrogen-bond acceptors (Lipinski definition) is 1. The first-order valence-electron chi connectivity index (χ1n) is 8.30. The lowest BCUT2D eigenvalue weighted by Crippen LogP contribution is -1.93. The van der Waals surface area contributed by atoms with E-state index in [0.29, 0.717) is 6.42 Å². The molecule has 20 heavy (non-hydrogen) atoms. The summed E-state index contributed by atoms with van der Waals surface area (Å²) in [5.74, 6) is -0.664. The van der Waals surface area contributed by atoms with E-state index in [-0.39, 0.29) is 0 Å². The van der Waals surface area contributed by atoms with Crippen molar-refractivity contribution < 1.29 is 9.90 Å². The highest BCUT2D eigenvalue weighted by molar-refractivity contribution is 5.66. The Morgan fingerprint density at radius 3 is 1.85 bits per heavy atom. The molecule has 0 aliphatic heterocycles. The fourth-order valence-corrected chi connectivity index (χ4v) is 2.12. The summed E-state index contributed by atoms with van der Waals surface area (Å²) in [4.78, 5) is 10.3. The monoisotopic (exact) mass is 280 g/mol. The van der Waals surface area contributed by atoms with Gasteiger partial charge in [0.2, 0.25) is 0 Å². The van der Waals surface area contributed by atoms with Gasteiger partial charge in [0.1, 0.15) is 0 Å². The molecule has 0 aliphatic carbocycles. The van der Waals surface area contributed by atoms with E-state index in [0.717, 1.165) is 12.8 Å². The lowest BCUT2D eigenvalue weighted by molar-refractivity contribution is -0.137. The van der Waals surface area contributed by atoms with Crippen LogP contribution in [0.15, 0.2) is 24.3 Å². The molecule has 0 unspecified atom stereocenters. The molecule has 0 radical (unpaired) electrons. The van der Waals surface area contributed by atoms with E-state index < -0.39 is 5.97 Å². The number of carboxylic acid groups (broad SMARTS) is 1. The molecule has 1 N–H and O–H groups in total. The first-order valence-corrected chi connectivity index (χ1v) is 8.30.